The lowest BCUT2D eigenvalue weighted by molar-refractivity contribution is -0.0914. The Morgan fingerprint density at radius 3 is 2.19 bits per heavy atom. The van der Waals surface area contributed by atoms with E-state index >= 15 is 0 Å². The van der Waals surface area contributed by atoms with Gasteiger partial charge in [-0.2, -0.15) is 0 Å². The van der Waals surface area contributed by atoms with Crippen LogP contribution in [0.5, 0.6) is 17.2 Å². The lowest BCUT2D eigenvalue weighted by Gasteiger charge is -2.18. The summed E-state index contributed by atoms with van der Waals surface area (Å²) < 4.78 is 26.9. The highest BCUT2D eigenvalue weighted by atomic mass is 16.7. The highest BCUT2D eigenvalue weighted by molar-refractivity contribution is 5.55. The zero-order chi connectivity index (χ0) is 22.2. The Bertz CT molecular complexity index is 604. The summed E-state index contributed by atoms with van der Waals surface area (Å²) in [5.41, 5.74) is 1.11. The van der Waals surface area contributed by atoms with Gasteiger partial charge in [0, 0.05) is 6.61 Å². The number of hydrogen-bond donors (Lipinski definition) is 0. The molecular weight excluding hydrogens is 392 g/mol. The van der Waals surface area contributed by atoms with Gasteiger partial charge in [0.25, 0.3) is 0 Å². The number of hydrogen-bond acceptors (Lipinski definition) is 5. The van der Waals surface area contributed by atoms with Gasteiger partial charge in [0.1, 0.15) is 6.79 Å². The second-order valence-electron chi connectivity index (χ2n) is 8.18. The summed E-state index contributed by atoms with van der Waals surface area (Å²) in [6, 6.07) is 3.89. The number of fused-ring (bicyclic) bond motifs is 1. The fourth-order valence-corrected chi connectivity index (χ4v) is 3.99. The standard InChI is InChI=1S/C15H30O2.C11H12O3/c1-2-16-14-17-15-12-10-8-6-4-3-5-7-9-11-13-15;1-3-4-8-5-9(12-2)11-10(6-8)13-7-14-11/h15H,2-14H2,1H3;3,5-6H,1,4,7H2,2H3. The summed E-state index contributed by atoms with van der Waals surface area (Å²) >= 11 is 0. The first kappa shape index (κ1) is 25.5. The average molecular weight is 435 g/mol. The van der Waals surface area contributed by atoms with Crippen molar-refractivity contribution in [2.24, 2.45) is 0 Å². The van der Waals surface area contributed by atoms with Crippen LogP contribution in [-0.4, -0.2) is 33.4 Å². The van der Waals surface area contributed by atoms with Crippen LogP contribution in [0.1, 0.15) is 83.1 Å². The molecule has 0 radical (unpaired) electrons. The summed E-state index contributed by atoms with van der Waals surface area (Å²) in [5.74, 6) is 2.17. The van der Waals surface area contributed by atoms with E-state index in [9.17, 15) is 0 Å². The maximum atomic E-state index is 5.81. The summed E-state index contributed by atoms with van der Waals surface area (Å²) in [5, 5.41) is 0. The normalized spacial score (nSPS) is 17.6. The Labute approximate surface area is 189 Å². The molecule has 31 heavy (non-hydrogen) atoms. The van der Waals surface area contributed by atoms with Crippen molar-refractivity contribution in [2.45, 2.75) is 90.1 Å². The number of rotatable bonds is 7. The number of allylic oxidation sites excluding steroid dienone is 1. The maximum absolute atomic E-state index is 5.81. The molecular formula is C26H42O5. The van der Waals surface area contributed by atoms with Gasteiger partial charge in [-0.1, -0.05) is 63.9 Å². The van der Waals surface area contributed by atoms with Crippen molar-refractivity contribution in [2.75, 3.05) is 27.3 Å². The van der Waals surface area contributed by atoms with Crippen LogP contribution < -0.4 is 14.2 Å². The highest BCUT2D eigenvalue weighted by Gasteiger charge is 2.19. The molecule has 176 valence electrons. The molecule has 1 aliphatic heterocycles. The molecule has 2 aliphatic rings. The van der Waals surface area contributed by atoms with Gasteiger partial charge >= 0.3 is 0 Å². The molecule has 0 aromatic heterocycles. The topological polar surface area (TPSA) is 46.2 Å². The van der Waals surface area contributed by atoms with Crippen LogP contribution in [0, 0.1) is 0 Å². The molecule has 1 aliphatic carbocycles. The van der Waals surface area contributed by atoms with Gasteiger partial charge in [-0.25, -0.2) is 0 Å². The van der Waals surface area contributed by atoms with Gasteiger partial charge in [-0.05, 0) is 43.9 Å². The molecule has 1 aromatic rings. The fourth-order valence-electron chi connectivity index (χ4n) is 3.99. The SMILES string of the molecule is C=CCc1cc(OC)c2c(c1)OCO2.CCOCOC1CCCCCCCCCCC1. The second-order valence-corrected chi connectivity index (χ2v) is 8.18. The van der Waals surface area contributed by atoms with Gasteiger partial charge in [0.2, 0.25) is 12.5 Å². The monoisotopic (exact) mass is 434 g/mol. The minimum absolute atomic E-state index is 0.267. The van der Waals surface area contributed by atoms with Crippen LogP contribution in [0.4, 0.5) is 0 Å². The van der Waals surface area contributed by atoms with Crippen LogP contribution in [0.2, 0.25) is 0 Å². The van der Waals surface area contributed by atoms with Gasteiger partial charge in [0.05, 0.1) is 13.2 Å². The van der Waals surface area contributed by atoms with Crippen LogP contribution >= 0.6 is 0 Å². The number of benzene rings is 1. The van der Waals surface area contributed by atoms with Gasteiger partial charge < -0.3 is 23.7 Å². The minimum atomic E-state index is 0.267. The molecule has 5 nitrogen and oxygen atoms in total. The van der Waals surface area contributed by atoms with Crippen molar-refractivity contribution in [1.82, 2.24) is 0 Å². The Hall–Kier alpha value is -1.72. The predicted molar refractivity (Wildman–Crippen MR) is 125 cm³/mol. The Morgan fingerprint density at radius 1 is 0.968 bits per heavy atom. The molecule has 1 fully saturated rings. The largest absolute Gasteiger partial charge is 0.493 e. The summed E-state index contributed by atoms with van der Waals surface area (Å²) in [6.07, 6.45) is 18.1. The van der Waals surface area contributed by atoms with E-state index in [1.807, 2.05) is 25.1 Å². The van der Waals surface area contributed by atoms with E-state index in [4.69, 9.17) is 23.7 Å². The van der Waals surface area contributed by atoms with Gasteiger partial charge in [-0.15, -0.1) is 6.58 Å². The fraction of sp³-hybridized carbons (Fsp3) is 0.692. The Balaban J connectivity index is 0.000000224. The first-order valence-corrected chi connectivity index (χ1v) is 12.0. The van der Waals surface area contributed by atoms with Crippen LogP contribution in [-0.2, 0) is 15.9 Å². The third-order valence-corrected chi connectivity index (χ3v) is 5.74. The minimum Gasteiger partial charge on any atom is -0.493 e. The van der Waals surface area contributed by atoms with E-state index in [0.29, 0.717) is 18.6 Å². The van der Waals surface area contributed by atoms with Crippen molar-refractivity contribution in [3.8, 4) is 17.2 Å². The van der Waals surface area contributed by atoms with Gasteiger partial charge in [-0.3, -0.25) is 0 Å². The average Bonchev–Trinajstić information content (AvgIpc) is 3.24. The molecule has 0 atom stereocenters. The van der Waals surface area contributed by atoms with Crippen LogP contribution in [0.3, 0.4) is 0 Å². The highest BCUT2D eigenvalue weighted by Crippen LogP contribution is 2.41. The van der Waals surface area contributed by atoms with Crippen LogP contribution in [0.25, 0.3) is 0 Å². The Morgan fingerprint density at radius 2 is 1.61 bits per heavy atom. The van der Waals surface area contributed by atoms with E-state index < -0.39 is 0 Å². The molecule has 1 saturated carbocycles. The lowest BCUT2D eigenvalue weighted by Crippen LogP contribution is -2.15. The third-order valence-electron chi connectivity index (χ3n) is 5.74. The first-order valence-electron chi connectivity index (χ1n) is 12.0. The predicted octanol–water partition coefficient (Wildman–Crippen LogP) is 6.82. The molecule has 0 unspecified atom stereocenters. The summed E-state index contributed by atoms with van der Waals surface area (Å²) in [7, 11) is 1.62. The van der Waals surface area contributed by atoms with E-state index in [2.05, 4.69) is 6.58 Å². The van der Waals surface area contributed by atoms with Crippen molar-refractivity contribution >= 4 is 0 Å². The van der Waals surface area contributed by atoms with Crippen LogP contribution in [0.15, 0.2) is 24.8 Å². The molecule has 3 rings (SSSR count). The number of methoxy groups -OCH3 is 1. The van der Waals surface area contributed by atoms with E-state index in [0.717, 1.165) is 30.1 Å². The molecule has 0 amide bonds. The number of ether oxygens (including phenoxy) is 5. The summed E-state index contributed by atoms with van der Waals surface area (Å²) in [6.45, 7) is 7.22. The zero-order valence-corrected chi connectivity index (χ0v) is 19.7. The molecule has 0 spiro atoms. The molecule has 0 saturated heterocycles. The van der Waals surface area contributed by atoms with Gasteiger partial charge in [0.15, 0.2) is 11.5 Å². The maximum Gasteiger partial charge on any atom is 0.231 e. The van der Waals surface area contributed by atoms with Crippen molar-refractivity contribution < 1.29 is 23.7 Å². The first-order chi connectivity index (χ1) is 15.3. The summed E-state index contributed by atoms with van der Waals surface area (Å²) in [4.78, 5) is 0. The molecule has 1 aromatic carbocycles. The molecule has 0 N–H and O–H groups in total. The zero-order valence-electron chi connectivity index (χ0n) is 19.7. The quantitative estimate of drug-likeness (QED) is 0.268. The van der Waals surface area contributed by atoms with Crippen molar-refractivity contribution in [3.05, 3.63) is 30.4 Å². The van der Waals surface area contributed by atoms with Crippen molar-refractivity contribution in [3.63, 3.8) is 0 Å². The Kier molecular flexibility index (Phi) is 13.2. The third kappa shape index (κ3) is 9.96. The smallest absolute Gasteiger partial charge is 0.231 e. The van der Waals surface area contributed by atoms with E-state index in [1.165, 1.54) is 70.6 Å². The molecule has 0 bridgehead atoms. The molecule has 5 heteroatoms. The lowest BCUT2D eigenvalue weighted by atomic mass is 9.99. The second kappa shape index (κ2) is 16.0. The van der Waals surface area contributed by atoms with Crippen molar-refractivity contribution in [1.29, 1.82) is 0 Å². The van der Waals surface area contributed by atoms with E-state index in [1.54, 1.807) is 7.11 Å². The molecule has 1 heterocycles. The van der Waals surface area contributed by atoms with E-state index in [-0.39, 0.29) is 6.79 Å².